The van der Waals surface area contributed by atoms with Gasteiger partial charge in [-0.15, -0.1) is 0 Å². The van der Waals surface area contributed by atoms with E-state index in [-0.39, 0.29) is 5.69 Å². The fourth-order valence-electron chi connectivity index (χ4n) is 2.61. The van der Waals surface area contributed by atoms with Crippen molar-refractivity contribution in [1.29, 1.82) is 0 Å². The number of anilines is 1. The largest absolute Gasteiger partial charge is 0.370 e. The van der Waals surface area contributed by atoms with E-state index in [9.17, 15) is 10.1 Å². The normalized spacial score (nSPS) is 19.4. The molecule has 0 spiro atoms. The van der Waals surface area contributed by atoms with Crippen molar-refractivity contribution >= 4 is 11.5 Å². The number of pyridine rings is 1. The number of nitrogens with zero attached hydrogens (tertiary/aromatic N) is 3. The lowest BCUT2D eigenvalue weighted by atomic mass is 10.1. The highest BCUT2D eigenvalue weighted by atomic mass is 16.6. The standard InChI is InChI=1S/C14H22N4O2/c1-11(2)9-17-6-5-12(10-17)7-15-14-4-3-13(8-16-14)18(19)20/h3-4,8,11-12H,5-7,9-10H2,1-2H3,(H,15,16). The van der Waals surface area contributed by atoms with Crippen LogP contribution in [0.5, 0.6) is 0 Å². The van der Waals surface area contributed by atoms with Crippen molar-refractivity contribution in [3.63, 3.8) is 0 Å². The molecular weight excluding hydrogens is 256 g/mol. The maximum absolute atomic E-state index is 10.5. The van der Waals surface area contributed by atoms with Crippen molar-refractivity contribution in [3.8, 4) is 0 Å². The first-order valence-corrected chi connectivity index (χ1v) is 7.11. The molecule has 6 nitrogen and oxygen atoms in total. The SMILES string of the molecule is CC(C)CN1CCC(CNc2ccc([N+](=O)[O-])cn2)C1. The molecule has 1 aliphatic heterocycles. The molecule has 2 rings (SSSR count). The van der Waals surface area contributed by atoms with Crippen LogP contribution >= 0.6 is 0 Å². The molecule has 0 amide bonds. The fraction of sp³-hybridized carbons (Fsp3) is 0.643. The van der Waals surface area contributed by atoms with Crippen LogP contribution < -0.4 is 5.32 Å². The lowest BCUT2D eigenvalue weighted by Crippen LogP contribution is -2.26. The molecule has 1 atom stereocenters. The van der Waals surface area contributed by atoms with Gasteiger partial charge in [0.15, 0.2) is 0 Å². The Morgan fingerprint density at radius 2 is 2.35 bits per heavy atom. The van der Waals surface area contributed by atoms with Gasteiger partial charge in [-0.1, -0.05) is 13.8 Å². The number of nitro groups is 1. The van der Waals surface area contributed by atoms with E-state index in [1.54, 1.807) is 6.07 Å². The molecule has 1 aromatic rings. The van der Waals surface area contributed by atoms with Crippen LogP contribution in [-0.4, -0.2) is 41.0 Å². The summed E-state index contributed by atoms with van der Waals surface area (Å²) in [4.78, 5) is 16.7. The summed E-state index contributed by atoms with van der Waals surface area (Å²) < 4.78 is 0. The number of hydrogen-bond acceptors (Lipinski definition) is 5. The van der Waals surface area contributed by atoms with Crippen LogP contribution in [0.3, 0.4) is 0 Å². The Morgan fingerprint density at radius 3 is 2.95 bits per heavy atom. The van der Waals surface area contributed by atoms with E-state index < -0.39 is 4.92 Å². The number of hydrogen-bond donors (Lipinski definition) is 1. The molecule has 1 unspecified atom stereocenters. The summed E-state index contributed by atoms with van der Waals surface area (Å²) in [5.41, 5.74) is 0.0273. The van der Waals surface area contributed by atoms with Crippen LogP contribution in [0.2, 0.25) is 0 Å². The first kappa shape index (κ1) is 14.7. The second kappa shape index (κ2) is 6.65. The first-order chi connectivity index (χ1) is 9.54. The first-order valence-electron chi connectivity index (χ1n) is 7.11. The van der Waals surface area contributed by atoms with Crippen molar-refractivity contribution in [2.24, 2.45) is 11.8 Å². The van der Waals surface area contributed by atoms with E-state index in [1.165, 1.54) is 18.7 Å². The van der Waals surface area contributed by atoms with Crippen LogP contribution in [-0.2, 0) is 0 Å². The molecule has 0 saturated carbocycles. The summed E-state index contributed by atoms with van der Waals surface area (Å²) in [6, 6.07) is 3.15. The second-order valence-corrected chi connectivity index (χ2v) is 5.85. The molecule has 0 aliphatic carbocycles. The molecule has 0 radical (unpaired) electrons. The Bertz CT molecular complexity index is 447. The zero-order valence-corrected chi connectivity index (χ0v) is 12.1. The Hall–Kier alpha value is -1.69. The van der Waals surface area contributed by atoms with Gasteiger partial charge in [0.05, 0.1) is 4.92 Å². The molecule has 0 bridgehead atoms. The number of rotatable bonds is 6. The Kier molecular flexibility index (Phi) is 4.89. The van der Waals surface area contributed by atoms with Crippen LogP contribution in [0.15, 0.2) is 18.3 Å². The molecular formula is C14H22N4O2. The summed E-state index contributed by atoms with van der Waals surface area (Å²) in [5, 5.41) is 13.8. The molecule has 20 heavy (non-hydrogen) atoms. The van der Waals surface area contributed by atoms with Gasteiger partial charge in [0.2, 0.25) is 0 Å². The predicted octanol–water partition coefficient (Wildman–Crippen LogP) is 2.38. The summed E-state index contributed by atoms with van der Waals surface area (Å²) >= 11 is 0. The molecule has 1 aliphatic rings. The number of likely N-dealkylation sites (tertiary alicyclic amines) is 1. The third kappa shape index (κ3) is 4.16. The summed E-state index contributed by atoms with van der Waals surface area (Å²) in [6.45, 7) is 8.81. The molecule has 110 valence electrons. The summed E-state index contributed by atoms with van der Waals surface area (Å²) in [7, 11) is 0. The molecule has 1 aromatic heterocycles. The smallest absolute Gasteiger partial charge is 0.287 e. The van der Waals surface area contributed by atoms with Crippen LogP contribution in [0, 0.1) is 22.0 Å². The number of nitrogens with one attached hydrogen (secondary N) is 1. The van der Waals surface area contributed by atoms with Gasteiger partial charge in [-0.25, -0.2) is 4.98 Å². The zero-order valence-electron chi connectivity index (χ0n) is 12.1. The highest BCUT2D eigenvalue weighted by Gasteiger charge is 2.22. The molecule has 0 aromatic carbocycles. The minimum atomic E-state index is -0.433. The van der Waals surface area contributed by atoms with E-state index >= 15 is 0 Å². The topological polar surface area (TPSA) is 71.3 Å². The highest BCUT2D eigenvalue weighted by Crippen LogP contribution is 2.18. The van der Waals surface area contributed by atoms with Gasteiger partial charge < -0.3 is 10.2 Å². The van der Waals surface area contributed by atoms with E-state index in [0.717, 1.165) is 26.2 Å². The maximum Gasteiger partial charge on any atom is 0.287 e. The summed E-state index contributed by atoms with van der Waals surface area (Å²) in [6.07, 6.45) is 2.49. The van der Waals surface area contributed by atoms with Crippen LogP contribution in [0.4, 0.5) is 11.5 Å². The second-order valence-electron chi connectivity index (χ2n) is 5.85. The average Bonchev–Trinajstić information content (AvgIpc) is 2.83. The van der Waals surface area contributed by atoms with Crippen LogP contribution in [0.25, 0.3) is 0 Å². The van der Waals surface area contributed by atoms with E-state index in [4.69, 9.17) is 0 Å². The molecule has 6 heteroatoms. The third-order valence-electron chi connectivity index (χ3n) is 3.52. The lowest BCUT2D eigenvalue weighted by molar-refractivity contribution is -0.385. The molecule has 1 saturated heterocycles. The van der Waals surface area contributed by atoms with Crippen molar-refractivity contribution in [3.05, 3.63) is 28.4 Å². The third-order valence-corrected chi connectivity index (χ3v) is 3.52. The fourth-order valence-corrected chi connectivity index (χ4v) is 2.61. The molecule has 1 N–H and O–H groups in total. The van der Waals surface area contributed by atoms with Gasteiger partial charge in [0.25, 0.3) is 5.69 Å². The van der Waals surface area contributed by atoms with Gasteiger partial charge in [-0.2, -0.15) is 0 Å². The van der Waals surface area contributed by atoms with Gasteiger partial charge in [-0.05, 0) is 30.9 Å². The van der Waals surface area contributed by atoms with Crippen molar-refractivity contribution in [1.82, 2.24) is 9.88 Å². The lowest BCUT2D eigenvalue weighted by Gasteiger charge is -2.18. The number of aromatic nitrogens is 1. The summed E-state index contributed by atoms with van der Waals surface area (Å²) in [5.74, 6) is 2.04. The molecule has 2 heterocycles. The maximum atomic E-state index is 10.5. The van der Waals surface area contributed by atoms with E-state index in [0.29, 0.717) is 17.7 Å². The quantitative estimate of drug-likeness (QED) is 0.639. The zero-order chi connectivity index (χ0) is 14.5. The monoisotopic (exact) mass is 278 g/mol. The van der Waals surface area contributed by atoms with E-state index in [2.05, 4.69) is 29.0 Å². The Balaban J connectivity index is 1.77. The average molecular weight is 278 g/mol. The Labute approximate surface area is 119 Å². The predicted molar refractivity (Wildman–Crippen MR) is 78.8 cm³/mol. The minimum absolute atomic E-state index is 0.0273. The van der Waals surface area contributed by atoms with Gasteiger partial charge in [0, 0.05) is 25.7 Å². The van der Waals surface area contributed by atoms with Crippen molar-refractivity contribution in [2.75, 3.05) is 31.5 Å². The highest BCUT2D eigenvalue weighted by molar-refractivity contribution is 5.40. The van der Waals surface area contributed by atoms with Crippen molar-refractivity contribution in [2.45, 2.75) is 20.3 Å². The Morgan fingerprint density at radius 1 is 1.55 bits per heavy atom. The molecule has 1 fully saturated rings. The van der Waals surface area contributed by atoms with Gasteiger partial charge >= 0.3 is 0 Å². The van der Waals surface area contributed by atoms with Gasteiger partial charge in [0.1, 0.15) is 12.0 Å². The van der Waals surface area contributed by atoms with Gasteiger partial charge in [-0.3, -0.25) is 10.1 Å². The minimum Gasteiger partial charge on any atom is -0.370 e. The van der Waals surface area contributed by atoms with E-state index in [1.807, 2.05) is 0 Å². The van der Waals surface area contributed by atoms with Crippen LogP contribution in [0.1, 0.15) is 20.3 Å². The van der Waals surface area contributed by atoms with Crippen molar-refractivity contribution < 1.29 is 4.92 Å².